The predicted octanol–water partition coefficient (Wildman–Crippen LogP) is 3.25. The van der Waals surface area contributed by atoms with Crippen molar-refractivity contribution in [1.82, 2.24) is 4.90 Å². The van der Waals surface area contributed by atoms with Gasteiger partial charge in [0.2, 0.25) is 0 Å². The number of nitrogens with zero attached hydrogens (tertiary/aromatic N) is 1. The Morgan fingerprint density at radius 1 is 1.16 bits per heavy atom. The first-order chi connectivity index (χ1) is 9.06. The third kappa shape index (κ3) is 5.43. The monoisotopic (exact) mass is 263 g/mol. The Balaban J connectivity index is 2.57. The molecule has 0 aliphatic carbocycles. The molecule has 0 N–H and O–H groups in total. The lowest BCUT2D eigenvalue weighted by Gasteiger charge is -2.16. The second-order valence-electron chi connectivity index (χ2n) is 5.11. The van der Waals surface area contributed by atoms with Gasteiger partial charge in [0.05, 0.1) is 13.2 Å². The van der Waals surface area contributed by atoms with Crippen molar-refractivity contribution in [2.24, 2.45) is 5.92 Å². The van der Waals surface area contributed by atoms with Crippen molar-refractivity contribution in [3.63, 3.8) is 0 Å². The van der Waals surface area contributed by atoms with Crippen LogP contribution < -0.4 is 4.74 Å². The largest absolute Gasteiger partial charge is 0.493 e. The molecule has 0 amide bonds. The van der Waals surface area contributed by atoms with Crippen LogP contribution in [0.1, 0.15) is 38.1 Å². The minimum absolute atomic E-state index is 0.166. The fraction of sp³-hybridized carbons (Fsp3) is 0.562. The van der Waals surface area contributed by atoms with Crippen molar-refractivity contribution in [3.8, 4) is 5.75 Å². The third-order valence-electron chi connectivity index (χ3n) is 3.02. The van der Waals surface area contributed by atoms with Crippen molar-refractivity contribution < 1.29 is 9.53 Å². The van der Waals surface area contributed by atoms with E-state index < -0.39 is 0 Å². The van der Waals surface area contributed by atoms with E-state index in [1.165, 1.54) is 0 Å². The number of ether oxygens (including phenoxy) is 1. The molecule has 0 radical (unpaired) electrons. The Labute approximate surface area is 116 Å². The molecule has 0 heterocycles. The predicted molar refractivity (Wildman–Crippen MR) is 78.9 cm³/mol. The fourth-order valence-corrected chi connectivity index (χ4v) is 1.74. The van der Waals surface area contributed by atoms with E-state index in [1.807, 2.05) is 24.3 Å². The van der Waals surface area contributed by atoms with Crippen molar-refractivity contribution in [3.05, 3.63) is 29.8 Å². The highest BCUT2D eigenvalue weighted by Crippen LogP contribution is 2.14. The Hall–Kier alpha value is -1.35. The number of likely N-dealkylation sites (N-methyl/N-ethyl adjacent to an activating group) is 1. The summed E-state index contributed by atoms with van der Waals surface area (Å²) >= 11 is 0. The van der Waals surface area contributed by atoms with Crippen LogP contribution in [0, 0.1) is 5.92 Å². The zero-order valence-corrected chi connectivity index (χ0v) is 12.5. The van der Waals surface area contributed by atoms with E-state index in [0.717, 1.165) is 24.4 Å². The van der Waals surface area contributed by atoms with Gasteiger partial charge in [-0.05, 0) is 43.3 Å². The van der Waals surface area contributed by atoms with Gasteiger partial charge in [0.25, 0.3) is 0 Å². The highest BCUT2D eigenvalue weighted by Gasteiger charge is 2.10. The molecule has 0 fully saturated rings. The van der Waals surface area contributed by atoms with Crippen LogP contribution in [0.5, 0.6) is 5.75 Å². The molecule has 0 unspecified atom stereocenters. The van der Waals surface area contributed by atoms with Crippen molar-refractivity contribution in [1.29, 1.82) is 0 Å². The highest BCUT2D eigenvalue weighted by atomic mass is 16.5. The minimum atomic E-state index is 0.166. The molecule has 0 aliphatic rings. The summed E-state index contributed by atoms with van der Waals surface area (Å²) < 4.78 is 5.60. The van der Waals surface area contributed by atoms with Crippen LogP contribution in [-0.2, 0) is 0 Å². The molecule has 0 bridgehead atoms. The van der Waals surface area contributed by atoms with E-state index in [9.17, 15) is 4.79 Å². The number of ketones is 1. The summed E-state index contributed by atoms with van der Waals surface area (Å²) in [6.07, 6.45) is 0. The van der Waals surface area contributed by atoms with Gasteiger partial charge in [0.1, 0.15) is 5.75 Å². The quantitative estimate of drug-likeness (QED) is 0.674. The Morgan fingerprint density at radius 3 is 2.21 bits per heavy atom. The molecule has 1 rings (SSSR count). The molecule has 3 heteroatoms. The van der Waals surface area contributed by atoms with Crippen LogP contribution >= 0.6 is 0 Å². The van der Waals surface area contributed by atoms with Gasteiger partial charge in [-0.3, -0.25) is 9.69 Å². The van der Waals surface area contributed by atoms with Gasteiger partial charge in [0, 0.05) is 5.56 Å². The van der Waals surface area contributed by atoms with Crippen molar-refractivity contribution in [2.45, 2.75) is 27.7 Å². The maximum Gasteiger partial charge on any atom is 0.176 e. The molecular formula is C16H25NO2. The lowest BCUT2D eigenvalue weighted by Crippen LogP contribution is -2.29. The Morgan fingerprint density at radius 2 is 1.74 bits per heavy atom. The summed E-state index contributed by atoms with van der Waals surface area (Å²) in [4.78, 5) is 14.2. The molecular weight excluding hydrogens is 238 g/mol. The van der Waals surface area contributed by atoms with E-state index in [4.69, 9.17) is 4.74 Å². The van der Waals surface area contributed by atoms with Crippen LogP contribution in [0.15, 0.2) is 24.3 Å². The van der Waals surface area contributed by atoms with E-state index >= 15 is 0 Å². The number of hydrogen-bond donors (Lipinski definition) is 0. The van der Waals surface area contributed by atoms with Gasteiger partial charge in [-0.1, -0.05) is 27.7 Å². The van der Waals surface area contributed by atoms with Crippen LogP contribution in [0.2, 0.25) is 0 Å². The van der Waals surface area contributed by atoms with Gasteiger partial charge >= 0.3 is 0 Å². The standard InChI is InChI=1S/C16H25NO2/c1-5-17(6-2)11-16(18)14-7-9-15(10-8-14)19-12-13(3)4/h7-10,13H,5-6,11-12H2,1-4H3. The SMILES string of the molecule is CCN(CC)CC(=O)c1ccc(OCC(C)C)cc1. The average Bonchev–Trinajstić information content (AvgIpc) is 2.42. The molecule has 0 aromatic heterocycles. The molecule has 0 saturated carbocycles. The molecule has 1 aromatic carbocycles. The first-order valence-electron chi connectivity index (χ1n) is 7.05. The average molecular weight is 263 g/mol. The summed E-state index contributed by atoms with van der Waals surface area (Å²) in [5, 5.41) is 0. The maximum atomic E-state index is 12.1. The number of hydrogen-bond acceptors (Lipinski definition) is 3. The second kappa shape index (κ2) is 7.95. The first-order valence-corrected chi connectivity index (χ1v) is 7.05. The minimum Gasteiger partial charge on any atom is -0.493 e. The Kier molecular flexibility index (Phi) is 6.57. The van der Waals surface area contributed by atoms with Crippen molar-refractivity contribution in [2.75, 3.05) is 26.2 Å². The molecule has 0 atom stereocenters. The third-order valence-corrected chi connectivity index (χ3v) is 3.02. The lowest BCUT2D eigenvalue weighted by atomic mass is 10.1. The maximum absolute atomic E-state index is 12.1. The summed E-state index contributed by atoms with van der Waals surface area (Å²) in [5.41, 5.74) is 0.754. The van der Waals surface area contributed by atoms with Crippen LogP contribution in [0.3, 0.4) is 0 Å². The van der Waals surface area contributed by atoms with Gasteiger partial charge < -0.3 is 4.74 Å². The summed E-state index contributed by atoms with van der Waals surface area (Å²) in [7, 11) is 0. The number of carbonyl (C=O) groups is 1. The molecule has 19 heavy (non-hydrogen) atoms. The summed E-state index contributed by atoms with van der Waals surface area (Å²) in [6.45, 7) is 11.4. The van der Waals surface area contributed by atoms with Crippen LogP contribution in [0.25, 0.3) is 0 Å². The molecule has 106 valence electrons. The van der Waals surface area contributed by atoms with Gasteiger partial charge in [-0.2, -0.15) is 0 Å². The number of benzene rings is 1. The summed E-state index contributed by atoms with van der Waals surface area (Å²) in [5.74, 6) is 1.50. The normalized spacial score (nSPS) is 11.1. The molecule has 0 aliphatic heterocycles. The Bertz CT molecular complexity index is 380. The number of Topliss-reactive ketones (excluding diaryl/α,β-unsaturated/α-hetero) is 1. The smallest absolute Gasteiger partial charge is 0.176 e. The van der Waals surface area contributed by atoms with Gasteiger partial charge in [-0.25, -0.2) is 0 Å². The van der Waals surface area contributed by atoms with E-state index in [1.54, 1.807) is 0 Å². The highest BCUT2D eigenvalue weighted by molar-refractivity contribution is 5.97. The zero-order valence-electron chi connectivity index (χ0n) is 12.5. The summed E-state index contributed by atoms with van der Waals surface area (Å²) in [6, 6.07) is 7.44. The molecule has 1 aromatic rings. The van der Waals surface area contributed by atoms with Gasteiger partial charge in [0.15, 0.2) is 5.78 Å². The number of rotatable bonds is 8. The number of carbonyl (C=O) groups excluding carboxylic acids is 1. The van der Waals surface area contributed by atoms with Crippen LogP contribution in [0.4, 0.5) is 0 Å². The van der Waals surface area contributed by atoms with E-state index in [0.29, 0.717) is 19.1 Å². The molecule has 0 spiro atoms. The van der Waals surface area contributed by atoms with Gasteiger partial charge in [-0.15, -0.1) is 0 Å². The first kappa shape index (κ1) is 15.7. The second-order valence-corrected chi connectivity index (χ2v) is 5.11. The topological polar surface area (TPSA) is 29.5 Å². The van der Waals surface area contributed by atoms with Crippen molar-refractivity contribution >= 4 is 5.78 Å². The van der Waals surface area contributed by atoms with Crippen LogP contribution in [-0.4, -0.2) is 36.9 Å². The molecule has 0 saturated heterocycles. The molecule has 3 nitrogen and oxygen atoms in total. The van der Waals surface area contributed by atoms with E-state index in [2.05, 4.69) is 32.6 Å². The van der Waals surface area contributed by atoms with E-state index in [-0.39, 0.29) is 5.78 Å². The zero-order chi connectivity index (χ0) is 14.3. The fourth-order valence-electron chi connectivity index (χ4n) is 1.74. The lowest BCUT2D eigenvalue weighted by molar-refractivity contribution is 0.0937.